The van der Waals surface area contributed by atoms with Crippen molar-refractivity contribution in [3.05, 3.63) is 41.7 Å². The molecule has 0 aromatic heterocycles. The number of rotatable bonds is 4. The second-order valence-corrected chi connectivity index (χ2v) is 2.75. The maximum absolute atomic E-state index is 12.8. The molecule has 0 unspecified atom stereocenters. The van der Waals surface area contributed by atoms with Crippen LogP contribution in [0.3, 0.4) is 0 Å². The van der Waals surface area contributed by atoms with Crippen LogP contribution in [0.25, 0.3) is 0 Å². The molecule has 0 aliphatic rings. The highest BCUT2D eigenvalue weighted by atomic mass is 19.2. The van der Waals surface area contributed by atoms with Crippen molar-refractivity contribution in [2.75, 3.05) is 13.2 Å². The van der Waals surface area contributed by atoms with Gasteiger partial charge in [-0.2, -0.15) is 0 Å². The van der Waals surface area contributed by atoms with Crippen molar-refractivity contribution < 1.29 is 17.9 Å². The first-order chi connectivity index (χ1) is 7.13. The van der Waals surface area contributed by atoms with Gasteiger partial charge in [0.15, 0.2) is 11.6 Å². The maximum Gasteiger partial charge on any atom is 0.162 e. The molecular formula is C10H10F3NO. The second kappa shape index (κ2) is 5.41. The van der Waals surface area contributed by atoms with Crippen LogP contribution in [0.2, 0.25) is 0 Å². The summed E-state index contributed by atoms with van der Waals surface area (Å²) in [5.41, 5.74) is 5.06. The summed E-state index contributed by atoms with van der Waals surface area (Å²) in [6.07, 6.45) is 1.14. The summed E-state index contributed by atoms with van der Waals surface area (Å²) in [4.78, 5) is 0. The number of hydrogen-bond acceptors (Lipinski definition) is 2. The van der Waals surface area contributed by atoms with E-state index in [4.69, 9.17) is 10.5 Å². The van der Waals surface area contributed by atoms with Crippen LogP contribution in [-0.4, -0.2) is 13.2 Å². The summed E-state index contributed by atoms with van der Waals surface area (Å²) in [6.45, 7) is -0.282. The lowest BCUT2D eigenvalue weighted by Gasteiger charge is -2.04. The van der Waals surface area contributed by atoms with Crippen LogP contribution >= 0.6 is 0 Å². The van der Waals surface area contributed by atoms with Gasteiger partial charge in [-0.1, -0.05) is 0 Å². The Hall–Kier alpha value is -1.49. The van der Waals surface area contributed by atoms with Gasteiger partial charge in [-0.05, 0) is 18.2 Å². The molecule has 0 aliphatic heterocycles. The van der Waals surface area contributed by atoms with Gasteiger partial charge >= 0.3 is 0 Å². The monoisotopic (exact) mass is 217 g/mol. The highest BCUT2D eigenvalue weighted by Gasteiger charge is 2.03. The van der Waals surface area contributed by atoms with Gasteiger partial charge in [0.05, 0.1) is 0 Å². The van der Waals surface area contributed by atoms with Gasteiger partial charge in [-0.25, -0.2) is 13.2 Å². The fourth-order valence-corrected chi connectivity index (χ4v) is 0.906. The fraction of sp³-hybridized carbons (Fsp3) is 0.200. The van der Waals surface area contributed by atoms with Crippen LogP contribution in [0, 0.1) is 11.6 Å². The van der Waals surface area contributed by atoms with E-state index in [9.17, 15) is 13.2 Å². The van der Waals surface area contributed by atoms with Crippen molar-refractivity contribution in [1.29, 1.82) is 0 Å². The normalized spacial score (nSPS) is 11.6. The summed E-state index contributed by atoms with van der Waals surface area (Å²) in [7, 11) is 0. The Balaban J connectivity index is 2.58. The molecule has 2 N–H and O–H groups in total. The van der Waals surface area contributed by atoms with Crippen LogP contribution in [0.1, 0.15) is 0 Å². The van der Waals surface area contributed by atoms with Crippen molar-refractivity contribution >= 4 is 0 Å². The van der Waals surface area contributed by atoms with Gasteiger partial charge in [0.25, 0.3) is 0 Å². The molecule has 0 spiro atoms. The molecule has 82 valence electrons. The molecule has 1 aromatic rings. The third kappa shape index (κ3) is 3.63. The van der Waals surface area contributed by atoms with Crippen molar-refractivity contribution in [2.45, 2.75) is 0 Å². The fourth-order valence-electron chi connectivity index (χ4n) is 0.906. The summed E-state index contributed by atoms with van der Waals surface area (Å²) in [6, 6.07) is 2.98. The molecule has 0 amide bonds. The molecule has 0 heterocycles. The molecule has 0 saturated heterocycles. The zero-order valence-corrected chi connectivity index (χ0v) is 7.84. The molecule has 0 radical (unpaired) electrons. The van der Waals surface area contributed by atoms with E-state index in [1.807, 2.05) is 0 Å². The van der Waals surface area contributed by atoms with Crippen LogP contribution in [0.5, 0.6) is 5.75 Å². The lowest BCUT2D eigenvalue weighted by atomic mass is 10.3. The first kappa shape index (κ1) is 11.6. The third-order valence-corrected chi connectivity index (χ3v) is 1.61. The zero-order chi connectivity index (χ0) is 11.3. The third-order valence-electron chi connectivity index (χ3n) is 1.61. The molecule has 0 saturated carbocycles. The molecule has 0 aliphatic carbocycles. The van der Waals surface area contributed by atoms with Gasteiger partial charge in [0.2, 0.25) is 0 Å². The predicted molar refractivity (Wildman–Crippen MR) is 50.1 cm³/mol. The Morgan fingerprint density at radius 3 is 2.67 bits per heavy atom. The zero-order valence-electron chi connectivity index (χ0n) is 7.84. The highest BCUT2D eigenvalue weighted by molar-refractivity contribution is 5.23. The van der Waals surface area contributed by atoms with E-state index in [1.54, 1.807) is 0 Å². The van der Waals surface area contributed by atoms with E-state index in [0.717, 1.165) is 18.2 Å². The number of ether oxygens (including phenoxy) is 1. The van der Waals surface area contributed by atoms with Gasteiger partial charge in [-0.15, -0.1) is 0 Å². The topological polar surface area (TPSA) is 35.2 Å². The second-order valence-electron chi connectivity index (χ2n) is 2.75. The smallest absolute Gasteiger partial charge is 0.162 e. The van der Waals surface area contributed by atoms with Gasteiger partial charge in [-0.3, -0.25) is 0 Å². The molecule has 1 rings (SSSR count). The maximum atomic E-state index is 12.8. The Morgan fingerprint density at radius 2 is 2.07 bits per heavy atom. The standard InChI is InChI=1S/C10H10F3NO/c11-7(3-4-14)6-15-8-1-2-9(12)10(13)5-8/h1-3,5H,4,6,14H2. The van der Waals surface area contributed by atoms with E-state index in [1.165, 1.54) is 6.07 Å². The largest absolute Gasteiger partial charge is 0.486 e. The summed E-state index contributed by atoms with van der Waals surface area (Å²) < 4.78 is 42.8. The quantitative estimate of drug-likeness (QED) is 0.838. The summed E-state index contributed by atoms with van der Waals surface area (Å²) >= 11 is 0. The lowest BCUT2D eigenvalue weighted by Crippen LogP contribution is -2.02. The van der Waals surface area contributed by atoms with E-state index in [0.29, 0.717) is 0 Å². The molecule has 0 bridgehead atoms. The highest BCUT2D eigenvalue weighted by Crippen LogP contribution is 2.16. The molecule has 5 heteroatoms. The minimum absolute atomic E-state index is 0.0625. The molecule has 0 fully saturated rings. The minimum Gasteiger partial charge on any atom is -0.486 e. The van der Waals surface area contributed by atoms with Crippen LogP contribution < -0.4 is 10.5 Å². The van der Waals surface area contributed by atoms with Crippen molar-refractivity contribution in [1.82, 2.24) is 0 Å². The van der Waals surface area contributed by atoms with Gasteiger partial charge in [0.1, 0.15) is 18.2 Å². The van der Waals surface area contributed by atoms with Crippen LogP contribution in [0.4, 0.5) is 13.2 Å². The van der Waals surface area contributed by atoms with Gasteiger partial charge in [0, 0.05) is 12.6 Å². The van der Waals surface area contributed by atoms with Crippen molar-refractivity contribution in [3.63, 3.8) is 0 Å². The molecule has 2 nitrogen and oxygen atoms in total. The first-order valence-electron chi connectivity index (χ1n) is 4.26. The number of benzene rings is 1. The van der Waals surface area contributed by atoms with Crippen LogP contribution in [-0.2, 0) is 0 Å². The van der Waals surface area contributed by atoms with E-state index in [-0.39, 0.29) is 18.9 Å². The average molecular weight is 217 g/mol. The van der Waals surface area contributed by atoms with Crippen molar-refractivity contribution in [3.8, 4) is 5.75 Å². The Kier molecular flexibility index (Phi) is 4.17. The minimum atomic E-state index is -1.03. The Morgan fingerprint density at radius 1 is 1.33 bits per heavy atom. The molecular weight excluding hydrogens is 207 g/mol. The molecule has 1 aromatic carbocycles. The van der Waals surface area contributed by atoms with E-state index < -0.39 is 17.5 Å². The molecule has 15 heavy (non-hydrogen) atoms. The average Bonchev–Trinajstić information content (AvgIpc) is 2.20. The summed E-state index contributed by atoms with van der Waals surface area (Å²) in [5.74, 6) is -2.49. The SMILES string of the molecule is NCC=C(F)COc1ccc(F)c(F)c1. The summed E-state index contributed by atoms with van der Waals surface area (Å²) in [5, 5.41) is 0. The van der Waals surface area contributed by atoms with Gasteiger partial charge < -0.3 is 10.5 Å². The predicted octanol–water partition coefficient (Wildman–Crippen LogP) is 2.16. The number of hydrogen-bond donors (Lipinski definition) is 1. The van der Waals surface area contributed by atoms with Crippen molar-refractivity contribution in [2.24, 2.45) is 5.73 Å². The number of nitrogens with two attached hydrogens (primary N) is 1. The lowest BCUT2D eigenvalue weighted by molar-refractivity contribution is 0.315. The Labute approximate surface area is 85.2 Å². The first-order valence-corrected chi connectivity index (χ1v) is 4.26. The van der Waals surface area contributed by atoms with Crippen LogP contribution in [0.15, 0.2) is 30.1 Å². The van der Waals surface area contributed by atoms with E-state index in [2.05, 4.69) is 0 Å². The number of halogens is 3. The Bertz CT molecular complexity index is 366. The molecule has 0 atom stereocenters. The van der Waals surface area contributed by atoms with E-state index >= 15 is 0 Å².